The minimum absolute atomic E-state index is 0. The van der Waals surface area contributed by atoms with E-state index in [0.717, 1.165) is 27.8 Å². The molecule has 4 rings (SSSR count). The molecule has 0 bridgehead atoms. The summed E-state index contributed by atoms with van der Waals surface area (Å²) in [6.07, 6.45) is 0.405. The van der Waals surface area contributed by atoms with Crippen LogP contribution in [0.2, 0.25) is 0 Å². The van der Waals surface area contributed by atoms with Gasteiger partial charge in [-0.15, -0.1) is 12.4 Å². The monoisotopic (exact) mass is 564 g/mol. The highest BCUT2D eigenvalue weighted by molar-refractivity contribution is 9.10. The third-order valence-electron chi connectivity index (χ3n) is 5.75. The fourth-order valence-electron chi connectivity index (χ4n) is 3.87. The van der Waals surface area contributed by atoms with Gasteiger partial charge in [-0.25, -0.2) is 4.98 Å². The second kappa shape index (κ2) is 11.4. The maximum absolute atomic E-state index is 13.7. The van der Waals surface area contributed by atoms with Crippen molar-refractivity contribution in [3.05, 3.63) is 52.5 Å². The summed E-state index contributed by atoms with van der Waals surface area (Å²) in [7, 11) is 0. The number of fused-ring (bicyclic) bond motifs is 1. The molecule has 3 amide bonds. The number of likely N-dealkylation sites (N-methyl/N-ethyl adjacent to an activating group) is 1. The number of rotatable bonds is 8. The Kier molecular flexibility index (Phi) is 8.81. The molecule has 2 heterocycles. The van der Waals surface area contributed by atoms with Crippen LogP contribution in [0, 0.1) is 0 Å². The number of hydrogen-bond acceptors (Lipinski definition) is 6. The van der Waals surface area contributed by atoms with Crippen LogP contribution in [0.3, 0.4) is 0 Å². The topological polar surface area (TPSA) is 73.8 Å². The molecule has 0 saturated carbocycles. The molecule has 1 saturated heterocycles. The minimum atomic E-state index is -0.236. The molecule has 0 radical (unpaired) electrons. The highest BCUT2D eigenvalue weighted by atomic mass is 79.9. The molecule has 2 aromatic carbocycles. The number of carbonyl (C=O) groups excluding carboxylic acids is 3. The van der Waals surface area contributed by atoms with E-state index >= 15 is 0 Å². The summed E-state index contributed by atoms with van der Waals surface area (Å²) >= 11 is 4.96. The molecule has 0 aliphatic carbocycles. The van der Waals surface area contributed by atoms with Crippen molar-refractivity contribution >= 4 is 78.4 Å². The van der Waals surface area contributed by atoms with Crippen molar-refractivity contribution in [2.45, 2.75) is 26.7 Å². The smallest absolute Gasteiger partial charge is 0.260 e. The second-order valence-electron chi connectivity index (χ2n) is 7.77. The van der Waals surface area contributed by atoms with Gasteiger partial charge >= 0.3 is 0 Å². The molecule has 34 heavy (non-hydrogen) atoms. The van der Waals surface area contributed by atoms with Crippen LogP contribution in [0.5, 0.6) is 0 Å². The number of anilines is 2. The average molecular weight is 566 g/mol. The maximum atomic E-state index is 13.7. The number of amides is 3. The van der Waals surface area contributed by atoms with Crippen LogP contribution in [0.4, 0.5) is 10.8 Å². The SMILES string of the molecule is CCN(CC)CCN(C(=O)c1cccc(N2C(=O)CCC2=O)c1)c1nc2ccc(Br)cc2s1.Cl. The number of imide groups is 1. The van der Waals surface area contributed by atoms with Crippen LogP contribution in [0.25, 0.3) is 10.2 Å². The van der Waals surface area contributed by atoms with E-state index in [1.54, 1.807) is 29.2 Å². The lowest BCUT2D eigenvalue weighted by molar-refractivity contribution is -0.121. The zero-order valence-corrected chi connectivity index (χ0v) is 22.2. The predicted molar refractivity (Wildman–Crippen MR) is 142 cm³/mol. The summed E-state index contributed by atoms with van der Waals surface area (Å²) in [5.41, 5.74) is 1.69. The predicted octanol–water partition coefficient (Wildman–Crippen LogP) is 5.12. The number of thiazole rings is 1. The first-order valence-electron chi connectivity index (χ1n) is 11.0. The second-order valence-corrected chi connectivity index (χ2v) is 9.69. The quantitative estimate of drug-likeness (QED) is 0.354. The number of halogens is 2. The maximum Gasteiger partial charge on any atom is 0.260 e. The van der Waals surface area contributed by atoms with Gasteiger partial charge in [0.1, 0.15) is 0 Å². The fourth-order valence-corrected chi connectivity index (χ4v) is 5.41. The van der Waals surface area contributed by atoms with Crippen LogP contribution in [0.1, 0.15) is 37.0 Å². The van der Waals surface area contributed by atoms with Crippen LogP contribution >= 0.6 is 39.7 Å². The van der Waals surface area contributed by atoms with E-state index in [1.165, 1.54) is 16.2 Å². The Morgan fingerprint density at radius 1 is 1.06 bits per heavy atom. The largest absolute Gasteiger partial charge is 0.302 e. The van der Waals surface area contributed by atoms with Gasteiger partial charge < -0.3 is 4.90 Å². The Morgan fingerprint density at radius 3 is 2.44 bits per heavy atom. The summed E-state index contributed by atoms with van der Waals surface area (Å²) < 4.78 is 1.95. The van der Waals surface area contributed by atoms with Crippen molar-refractivity contribution in [3.63, 3.8) is 0 Å². The molecule has 180 valence electrons. The zero-order valence-electron chi connectivity index (χ0n) is 19.0. The van der Waals surface area contributed by atoms with E-state index in [0.29, 0.717) is 29.5 Å². The van der Waals surface area contributed by atoms with Crippen molar-refractivity contribution in [1.82, 2.24) is 9.88 Å². The first-order chi connectivity index (χ1) is 15.9. The molecule has 1 aliphatic heterocycles. The Bertz CT molecular complexity index is 1200. The van der Waals surface area contributed by atoms with Gasteiger partial charge in [-0.1, -0.05) is 47.2 Å². The molecule has 0 N–H and O–H groups in total. The van der Waals surface area contributed by atoms with Gasteiger partial charge in [-0.2, -0.15) is 0 Å². The van der Waals surface area contributed by atoms with Crippen molar-refractivity contribution in [2.24, 2.45) is 0 Å². The van der Waals surface area contributed by atoms with Gasteiger partial charge in [0.05, 0.1) is 15.9 Å². The Morgan fingerprint density at radius 2 is 1.76 bits per heavy atom. The van der Waals surface area contributed by atoms with Crippen LogP contribution in [-0.2, 0) is 9.59 Å². The Hall–Kier alpha value is -2.33. The zero-order chi connectivity index (χ0) is 23.5. The first-order valence-corrected chi connectivity index (χ1v) is 12.6. The molecular weight excluding hydrogens is 540 g/mol. The number of carbonyl (C=O) groups is 3. The summed E-state index contributed by atoms with van der Waals surface area (Å²) in [5.74, 6) is -0.680. The summed E-state index contributed by atoms with van der Waals surface area (Å²) in [6.45, 7) is 7.16. The molecular formula is C24H26BrClN4O3S. The van der Waals surface area contributed by atoms with Gasteiger partial charge in [-0.3, -0.25) is 24.2 Å². The lowest BCUT2D eigenvalue weighted by atomic mass is 10.1. The lowest BCUT2D eigenvalue weighted by Crippen LogP contribution is -2.39. The molecule has 0 spiro atoms. The van der Waals surface area contributed by atoms with Gasteiger partial charge in [0.25, 0.3) is 5.91 Å². The summed E-state index contributed by atoms with van der Waals surface area (Å²) in [5, 5.41) is 0.624. The number of hydrogen-bond donors (Lipinski definition) is 0. The highest BCUT2D eigenvalue weighted by Crippen LogP contribution is 2.32. The van der Waals surface area contributed by atoms with Gasteiger partial charge in [0.15, 0.2) is 5.13 Å². The van der Waals surface area contributed by atoms with E-state index in [1.807, 2.05) is 18.2 Å². The molecule has 7 nitrogen and oxygen atoms in total. The van der Waals surface area contributed by atoms with Crippen molar-refractivity contribution < 1.29 is 14.4 Å². The van der Waals surface area contributed by atoms with Gasteiger partial charge in [0.2, 0.25) is 11.8 Å². The normalized spacial score (nSPS) is 13.6. The third kappa shape index (κ3) is 5.49. The van der Waals surface area contributed by atoms with E-state index in [9.17, 15) is 14.4 Å². The molecule has 1 fully saturated rings. The summed E-state index contributed by atoms with van der Waals surface area (Å²) in [6, 6.07) is 12.6. The van der Waals surface area contributed by atoms with E-state index in [2.05, 4.69) is 34.7 Å². The van der Waals surface area contributed by atoms with E-state index < -0.39 is 0 Å². The van der Waals surface area contributed by atoms with E-state index in [-0.39, 0.29) is 43.0 Å². The number of benzene rings is 2. The first kappa shape index (κ1) is 26.3. The van der Waals surface area contributed by atoms with Gasteiger partial charge in [0, 0.05) is 36.0 Å². The summed E-state index contributed by atoms with van der Waals surface area (Å²) in [4.78, 5) is 47.9. The molecule has 3 aromatic rings. The third-order valence-corrected chi connectivity index (χ3v) is 7.29. The van der Waals surface area contributed by atoms with Crippen LogP contribution < -0.4 is 9.80 Å². The molecule has 0 unspecified atom stereocenters. The molecule has 1 aromatic heterocycles. The standard InChI is InChI=1S/C24H25BrN4O3S.ClH/c1-3-27(4-2)12-13-28(24-26-19-9-8-17(25)15-20(19)33-24)23(32)16-6-5-7-18(14-16)29-21(30)10-11-22(29)31;/h5-9,14-15H,3-4,10-13H2,1-2H3;1H. The Balaban J connectivity index is 0.00000324. The fraction of sp³-hybridized carbons (Fsp3) is 0.333. The molecule has 0 atom stereocenters. The highest BCUT2D eigenvalue weighted by Gasteiger charge is 2.31. The minimum Gasteiger partial charge on any atom is -0.302 e. The lowest BCUT2D eigenvalue weighted by Gasteiger charge is -2.25. The van der Waals surface area contributed by atoms with E-state index in [4.69, 9.17) is 4.98 Å². The van der Waals surface area contributed by atoms with Crippen molar-refractivity contribution in [1.29, 1.82) is 0 Å². The Labute approximate surface area is 217 Å². The molecule has 1 aliphatic rings. The number of nitrogens with zero attached hydrogens (tertiary/aromatic N) is 4. The van der Waals surface area contributed by atoms with Crippen molar-refractivity contribution in [2.75, 3.05) is 36.0 Å². The molecule has 10 heteroatoms. The van der Waals surface area contributed by atoms with Crippen molar-refractivity contribution in [3.8, 4) is 0 Å². The van der Waals surface area contributed by atoms with Crippen LogP contribution in [-0.4, -0.2) is 53.8 Å². The number of aromatic nitrogens is 1. The van der Waals surface area contributed by atoms with Gasteiger partial charge in [-0.05, 0) is 49.5 Å². The average Bonchev–Trinajstić information content (AvgIpc) is 3.38. The van der Waals surface area contributed by atoms with Crippen LogP contribution in [0.15, 0.2) is 46.9 Å².